The molecule has 5 unspecified atom stereocenters. The molecule has 212 valence electrons. The summed E-state index contributed by atoms with van der Waals surface area (Å²) in [6, 6.07) is -5.48. The first kappa shape index (κ1) is 31.8. The van der Waals surface area contributed by atoms with Crippen LogP contribution in [0.25, 0.3) is 0 Å². The predicted octanol–water partition coefficient (Wildman–Crippen LogP) is -3.88. The highest BCUT2D eigenvalue weighted by Gasteiger charge is 2.31. The molecule has 0 saturated heterocycles. The fourth-order valence-electron chi connectivity index (χ4n) is 3.15. The van der Waals surface area contributed by atoms with Gasteiger partial charge in [-0.3, -0.25) is 24.2 Å². The topological polar surface area (TPSA) is 301 Å². The Morgan fingerprint density at radius 1 is 1.00 bits per heavy atom. The molecule has 0 saturated carbocycles. The monoisotopic (exact) mass is 541 g/mol. The van der Waals surface area contributed by atoms with Gasteiger partial charge in [-0.25, -0.2) is 9.78 Å². The zero-order chi connectivity index (χ0) is 28.8. The molecule has 17 heteroatoms. The molecule has 3 amide bonds. The Morgan fingerprint density at radius 3 is 2.13 bits per heavy atom. The minimum Gasteiger partial charge on any atom is -0.481 e. The summed E-state index contributed by atoms with van der Waals surface area (Å²) in [6.07, 6.45) is 0.709. The van der Waals surface area contributed by atoms with Crippen LogP contribution in [0.3, 0.4) is 0 Å². The Labute approximate surface area is 217 Å². The fourth-order valence-corrected chi connectivity index (χ4v) is 3.15. The second-order valence-corrected chi connectivity index (χ2v) is 8.45. The predicted molar refractivity (Wildman–Crippen MR) is 132 cm³/mol. The molecule has 0 aliphatic carbocycles. The molecular weight excluding hydrogens is 506 g/mol. The van der Waals surface area contributed by atoms with Crippen LogP contribution in [-0.4, -0.2) is 97.7 Å². The number of carboxylic acid groups (broad SMARTS) is 2. The van der Waals surface area contributed by atoms with E-state index in [2.05, 4.69) is 30.9 Å². The number of guanidine groups is 1. The first-order valence-electron chi connectivity index (χ1n) is 11.6. The van der Waals surface area contributed by atoms with Gasteiger partial charge in [-0.2, -0.15) is 0 Å². The van der Waals surface area contributed by atoms with E-state index >= 15 is 0 Å². The van der Waals surface area contributed by atoms with Crippen molar-refractivity contribution in [2.24, 2.45) is 22.2 Å². The lowest BCUT2D eigenvalue weighted by Crippen LogP contribution is -2.58. The van der Waals surface area contributed by atoms with Gasteiger partial charge in [-0.05, 0) is 26.2 Å². The summed E-state index contributed by atoms with van der Waals surface area (Å²) in [5.41, 5.74) is 16.5. The van der Waals surface area contributed by atoms with E-state index in [9.17, 15) is 34.2 Å². The lowest BCUT2D eigenvalue weighted by atomic mass is 10.1. The van der Waals surface area contributed by atoms with Crippen molar-refractivity contribution in [1.82, 2.24) is 25.9 Å². The van der Waals surface area contributed by atoms with Crippen molar-refractivity contribution in [3.8, 4) is 0 Å². The Balaban J connectivity index is 3.06. The quantitative estimate of drug-likeness (QED) is 0.0514. The summed E-state index contributed by atoms with van der Waals surface area (Å²) in [5, 5.41) is 35.1. The summed E-state index contributed by atoms with van der Waals surface area (Å²) in [6.45, 7) is 1.40. The minimum atomic E-state index is -1.42. The second-order valence-electron chi connectivity index (χ2n) is 8.45. The molecule has 1 rings (SSSR count). The smallest absolute Gasteiger partial charge is 0.326 e. The number of hydrogen-bond donors (Lipinski definition) is 10. The van der Waals surface area contributed by atoms with E-state index in [4.69, 9.17) is 22.3 Å². The van der Waals surface area contributed by atoms with Crippen LogP contribution in [0.4, 0.5) is 0 Å². The molecule has 13 N–H and O–H groups in total. The van der Waals surface area contributed by atoms with Gasteiger partial charge in [-0.1, -0.05) is 0 Å². The number of nitrogens with two attached hydrogens (primary N) is 3. The number of aromatic amines is 1. The number of nitrogens with zero attached hydrogens (tertiary/aromatic N) is 2. The normalized spacial score (nSPS) is 14.7. The molecule has 0 radical (unpaired) electrons. The molecule has 0 fully saturated rings. The number of H-pyrrole nitrogens is 1. The lowest BCUT2D eigenvalue weighted by molar-refractivity contribution is -0.142. The molecule has 0 spiro atoms. The van der Waals surface area contributed by atoms with Gasteiger partial charge in [0.1, 0.15) is 24.2 Å². The van der Waals surface area contributed by atoms with Crippen LogP contribution in [0.1, 0.15) is 38.3 Å². The molecule has 5 atom stereocenters. The molecule has 1 aromatic heterocycles. The Morgan fingerprint density at radius 2 is 1.61 bits per heavy atom. The number of imidazole rings is 1. The number of rotatable bonds is 17. The number of carboxylic acids is 2. The molecule has 0 aliphatic heterocycles. The van der Waals surface area contributed by atoms with Gasteiger partial charge in [-0.15, -0.1) is 0 Å². The van der Waals surface area contributed by atoms with Crippen molar-refractivity contribution in [2.75, 3.05) is 6.54 Å². The number of aliphatic imine (C=N–C) groups is 1. The summed E-state index contributed by atoms with van der Waals surface area (Å²) in [4.78, 5) is 71.5. The van der Waals surface area contributed by atoms with Crippen LogP contribution in [-0.2, 0) is 30.4 Å². The number of hydrogen-bond acceptors (Lipinski definition) is 9. The number of aliphatic hydroxyl groups is 1. The number of nitrogens with one attached hydrogen (secondary N) is 4. The highest BCUT2D eigenvalue weighted by atomic mass is 16.4. The lowest BCUT2D eigenvalue weighted by Gasteiger charge is -2.25. The van der Waals surface area contributed by atoms with Crippen molar-refractivity contribution < 1.29 is 39.3 Å². The molecule has 0 aromatic carbocycles. The molecule has 1 aromatic rings. The first-order valence-corrected chi connectivity index (χ1v) is 11.6. The zero-order valence-corrected chi connectivity index (χ0v) is 20.8. The van der Waals surface area contributed by atoms with Crippen molar-refractivity contribution in [1.29, 1.82) is 0 Å². The SMILES string of the molecule is CC(O)C(N)C(=O)NC(CCC(=O)O)C(=O)NC(Cc1cnc[nH]1)C(=O)NC(CCCN=C(N)N)C(=O)O. The average molecular weight is 542 g/mol. The van der Waals surface area contributed by atoms with Gasteiger partial charge in [0.05, 0.1) is 12.4 Å². The third-order valence-corrected chi connectivity index (χ3v) is 5.27. The Bertz CT molecular complexity index is 979. The van der Waals surface area contributed by atoms with E-state index in [0.717, 1.165) is 0 Å². The van der Waals surface area contributed by atoms with Gasteiger partial charge in [0.2, 0.25) is 17.7 Å². The van der Waals surface area contributed by atoms with Gasteiger partial charge in [0.15, 0.2) is 5.96 Å². The van der Waals surface area contributed by atoms with Crippen LogP contribution < -0.4 is 33.2 Å². The van der Waals surface area contributed by atoms with Crippen molar-refractivity contribution in [3.63, 3.8) is 0 Å². The second kappa shape index (κ2) is 15.8. The molecule has 1 heterocycles. The van der Waals surface area contributed by atoms with Crippen molar-refractivity contribution in [2.45, 2.75) is 69.3 Å². The summed E-state index contributed by atoms with van der Waals surface area (Å²) in [5.74, 6) is -5.42. The largest absolute Gasteiger partial charge is 0.481 e. The van der Waals surface area contributed by atoms with Gasteiger partial charge >= 0.3 is 11.9 Å². The van der Waals surface area contributed by atoms with E-state index in [-0.39, 0.29) is 38.2 Å². The van der Waals surface area contributed by atoms with Gasteiger partial charge < -0.3 is 53.5 Å². The van der Waals surface area contributed by atoms with Crippen LogP contribution in [0.5, 0.6) is 0 Å². The number of aliphatic carboxylic acids is 2. The number of aliphatic hydroxyl groups excluding tert-OH is 1. The summed E-state index contributed by atoms with van der Waals surface area (Å²) >= 11 is 0. The van der Waals surface area contributed by atoms with E-state index in [1.165, 1.54) is 19.4 Å². The third-order valence-electron chi connectivity index (χ3n) is 5.27. The number of aromatic nitrogens is 2. The van der Waals surface area contributed by atoms with Crippen LogP contribution >= 0.6 is 0 Å². The Hall–Kier alpha value is -4.25. The van der Waals surface area contributed by atoms with Crippen LogP contribution in [0, 0.1) is 0 Å². The molecule has 17 nitrogen and oxygen atoms in total. The zero-order valence-electron chi connectivity index (χ0n) is 20.8. The van der Waals surface area contributed by atoms with E-state index < -0.39 is 66.4 Å². The number of carbonyl (C=O) groups is 5. The van der Waals surface area contributed by atoms with Crippen molar-refractivity contribution >= 4 is 35.6 Å². The van der Waals surface area contributed by atoms with E-state index in [0.29, 0.717) is 5.69 Å². The summed E-state index contributed by atoms with van der Waals surface area (Å²) in [7, 11) is 0. The van der Waals surface area contributed by atoms with Crippen LogP contribution in [0.2, 0.25) is 0 Å². The van der Waals surface area contributed by atoms with E-state index in [1.807, 2.05) is 0 Å². The number of amides is 3. The van der Waals surface area contributed by atoms with Crippen LogP contribution in [0.15, 0.2) is 17.5 Å². The van der Waals surface area contributed by atoms with E-state index in [1.54, 1.807) is 0 Å². The number of carbonyl (C=O) groups excluding carboxylic acids is 3. The first-order chi connectivity index (χ1) is 17.8. The minimum absolute atomic E-state index is 0.0168. The molecule has 0 bridgehead atoms. The van der Waals surface area contributed by atoms with Gasteiger partial charge in [0.25, 0.3) is 0 Å². The highest BCUT2D eigenvalue weighted by Crippen LogP contribution is 2.06. The molecule has 0 aliphatic rings. The third kappa shape index (κ3) is 11.7. The standard InChI is InChI=1S/C21H35N9O8/c1-10(31)16(22)19(36)28-12(4-5-15(32)33)17(34)30-14(7-11-8-25-9-27-11)18(35)29-13(20(37)38)3-2-6-26-21(23)24/h8-10,12-14,16,31H,2-7,22H2,1H3,(H,25,27)(H,28,36)(H,29,35)(H,30,34)(H,32,33)(H,37,38)(H4,23,24,26). The Kier molecular flexibility index (Phi) is 13.2. The van der Waals surface area contributed by atoms with Crippen molar-refractivity contribution in [3.05, 3.63) is 18.2 Å². The average Bonchev–Trinajstić information content (AvgIpc) is 3.34. The van der Waals surface area contributed by atoms with Gasteiger partial charge in [0, 0.05) is 31.3 Å². The maximum atomic E-state index is 13.0. The highest BCUT2D eigenvalue weighted by molar-refractivity contribution is 5.94. The maximum absolute atomic E-state index is 13.0. The maximum Gasteiger partial charge on any atom is 0.326 e. The summed E-state index contributed by atoms with van der Waals surface area (Å²) < 4.78 is 0. The molecule has 38 heavy (non-hydrogen) atoms. The fraction of sp³-hybridized carbons (Fsp3) is 0.571. The molecular formula is C21H35N9O8.